The number of hydrogen-bond donors (Lipinski definition) is 1. The van der Waals surface area contributed by atoms with Crippen molar-refractivity contribution in [2.24, 2.45) is 0 Å². The molecule has 0 saturated heterocycles. The van der Waals surface area contributed by atoms with Crippen LogP contribution in [0.1, 0.15) is 42.5 Å². The Morgan fingerprint density at radius 3 is 2.15 bits per heavy atom. The predicted octanol–water partition coefficient (Wildman–Crippen LogP) is 4.54. The normalized spacial score (nSPS) is 11.7. The second-order valence-corrected chi connectivity index (χ2v) is 6.87. The quantitative estimate of drug-likeness (QED) is 0.795. The zero-order valence-corrected chi connectivity index (χ0v) is 16.2. The number of ketones is 1. The molecule has 1 N–H and O–H groups in total. The van der Waals surface area contributed by atoms with E-state index in [1.165, 1.54) is 5.56 Å². The Hall–Kier alpha value is -2.62. The third-order valence-electron chi connectivity index (χ3n) is 4.30. The molecule has 0 bridgehead atoms. The minimum absolute atomic E-state index is 0.178. The fourth-order valence-electron chi connectivity index (χ4n) is 2.91. The van der Waals surface area contributed by atoms with Gasteiger partial charge in [-0.25, -0.2) is 0 Å². The second kappa shape index (κ2) is 8.65. The number of Topliss-reactive ketones (excluding diaryl/α,β-unsaturated/α-hetero) is 1. The van der Waals surface area contributed by atoms with Gasteiger partial charge in [-0.15, -0.1) is 0 Å². The van der Waals surface area contributed by atoms with Crippen LogP contribution in [0.5, 0.6) is 5.75 Å². The van der Waals surface area contributed by atoms with Crippen molar-refractivity contribution in [1.29, 1.82) is 0 Å². The van der Waals surface area contributed by atoms with Gasteiger partial charge in [-0.3, -0.25) is 4.79 Å². The van der Waals surface area contributed by atoms with Crippen molar-refractivity contribution in [3.05, 3.63) is 58.7 Å². The Morgan fingerprint density at radius 1 is 1.04 bits per heavy atom. The predicted molar refractivity (Wildman–Crippen MR) is 105 cm³/mol. The van der Waals surface area contributed by atoms with E-state index in [1.807, 2.05) is 57.2 Å². The summed E-state index contributed by atoms with van der Waals surface area (Å²) in [6, 6.07) is 11.6. The molecule has 0 aromatic heterocycles. The number of rotatable bonds is 7. The molecule has 2 rings (SSSR count). The SMILES string of the molecule is CC(=O)CCc1ccc(OC(C)C(=O)Nc2c(C)cc(C)cc2C)cc1. The van der Waals surface area contributed by atoms with Crippen LogP contribution >= 0.6 is 0 Å². The van der Waals surface area contributed by atoms with E-state index < -0.39 is 6.10 Å². The molecule has 1 amide bonds. The van der Waals surface area contributed by atoms with Crippen molar-refractivity contribution >= 4 is 17.4 Å². The van der Waals surface area contributed by atoms with Gasteiger partial charge in [0.2, 0.25) is 0 Å². The maximum Gasteiger partial charge on any atom is 0.265 e. The summed E-state index contributed by atoms with van der Waals surface area (Å²) >= 11 is 0. The van der Waals surface area contributed by atoms with Crippen molar-refractivity contribution in [2.45, 2.75) is 53.6 Å². The largest absolute Gasteiger partial charge is 0.481 e. The Labute approximate surface area is 155 Å². The standard InChI is InChI=1S/C22H27NO3/c1-14-12-15(2)21(16(3)13-14)23-22(25)18(5)26-20-10-8-19(9-11-20)7-6-17(4)24/h8-13,18H,6-7H2,1-5H3,(H,23,25). The number of ether oxygens (including phenoxy) is 1. The van der Waals surface area contributed by atoms with Crippen LogP contribution in [-0.4, -0.2) is 17.8 Å². The Bertz CT molecular complexity index is 771. The van der Waals surface area contributed by atoms with Gasteiger partial charge in [0.25, 0.3) is 5.91 Å². The van der Waals surface area contributed by atoms with E-state index in [2.05, 4.69) is 5.32 Å². The van der Waals surface area contributed by atoms with Crippen molar-refractivity contribution in [3.63, 3.8) is 0 Å². The van der Waals surface area contributed by atoms with Crippen molar-refractivity contribution in [2.75, 3.05) is 5.32 Å². The molecule has 0 aliphatic carbocycles. The van der Waals surface area contributed by atoms with Gasteiger partial charge < -0.3 is 14.8 Å². The molecule has 0 saturated carbocycles. The number of anilines is 1. The van der Waals surface area contributed by atoms with Crippen LogP contribution in [0, 0.1) is 20.8 Å². The molecule has 1 atom stereocenters. The Balaban J connectivity index is 1.98. The summed E-state index contributed by atoms with van der Waals surface area (Å²) in [5, 5.41) is 2.97. The maximum atomic E-state index is 12.5. The average molecular weight is 353 g/mol. The highest BCUT2D eigenvalue weighted by Gasteiger charge is 2.17. The van der Waals surface area contributed by atoms with E-state index in [-0.39, 0.29) is 11.7 Å². The molecule has 0 aliphatic heterocycles. The van der Waals surface area contributed by atoms with Crippen LogP contribution in [0.3, 0.4) is 0 Å². The summed E-state index contributed by atoms with van der Waals surface area (Å²) in [7, 11) is 0. The number of aryl methyl sites for hydroxylation is 4. The molecule has 2 aromatic rings. The smallest absolute Gasteiger partial charge is 0.265 e. The van der Waals surface area contributed by atoms with E-state index in [4.69, 9.17) is 4.74 Å². The molecule has 1 unspecified atom stereocenters. The highest BCUT2D eigenvalue weighted by Crippen LogP contribution is 2.22. The fourth-order valence-corrected chi connectivity index (χ4v) is 2.91. The van der Waals surface area contributed by atoms with Gasteiger partial charge in [-0.1, -0.05) is 29.8 Å². The van der Waals surface area contributed by atoms with Crippen LogP contribution in [-0.2, 0) is 16.0 Å². The molecule has 0 radical (unpaired) electrons. The van der Waals surface area contributed by atoms with Crippen molar-refractivity contribution in [3.8, 4) is 5.75 Å². The summed E-state index contributed by atoms with van der Waals surface area (Å²) in [5.74, 6) is 0.634. The lowest BCUT2D eigenvalue weighted by Gasteiger charge is -2.18. The summed E-state index contributed by atoms with van der Waals surface area (Å²) in [4.78, 5) is 23.5. The van der Waals surface area contributed by atoms with Gasteiger partial charge in [0.05, 0.1) is 0 Å². The third kappa shape index (κ3) is 5.45. The molecule has 138 valence electrons. The van der Waals surface area contributed by atoms with Gasteiger partial charge in [0, 0.05) is 12.1 Å². The fraction of sp³-hybridized carbons (Fsp3) is 0.364. The van der Waals surface area contributed by atoms with E-state index in [0.29, 0.717) is 12.2 Å². The van der Waals surface area contributed by atoms with Crippen LogP contribution in [0.4, 0.5) is 5.69 Å². The Kier molecular flexibility index (Phi) is 6.56. The minimum Gasteiger partial charge on any atom is -0.481 e. The summed E-state index contributed by atoms with van der Waals surface area (Å²) in [6.45, 7) is 9.34. The first kappa shape index (κ1) is 19.7. The number of nitrogens with one attached hydrogen (secondary N) is 1. The summed E-state index contributed by atoms with van der Waals surface area (Å²) in [5.41, 5.74) is 5.18. The highest BCUT2D eigenvalue weighted by atomic mass is 16.5. The number of carbonyl (C=O) groups excluding carboxylic acids is 2. The number of amides is 1. The molecule has 4 nitrogen and oxygen atoms in total. The van der Waals surface area contributed by atoms with E-state index in [0.717, 1.165) is 28.8 Å². The van der Waals surface area contributed by atoms with Crippen LogP contribution in [0.15, 0.2) is 36.4 Å². The lowest BCUT2D eigenvalue weighted by atomic mass is 10.0. The minimum atomic E-state index is -0.613. The average Bonchev–Trinajstić information content (AvgIpc) is 2.57. The van der Waals surface area contributed by atoms with Crippen molar-refractivity contribution in [1.82, 2.24) is 0 Å². The van der Waals surface area contributed by atoms with Gasteiger partial charge in [0.1, 0.15) is 11.5 Å². The third-order valence-corrected chi connectivity index (χ3v) is 4.30. The molecule has 0 aliphatic rings. The monoisotopic (exact) mass is 353 g/mol. The first-order valence-corrected chi connectivity index (χ1v) is 8.90. The molecule has 0 spiro atoms. The first-order valence-electron chi connectivity index (χ1n) is 8.90. The van der Waals surface area contributed by atoms with E-state index in [1.54, 1.807) is 13.8 Å². The number of benzene rings is 2. The molecular formula is C22H27NO3. The van der Waals surface area contributed by atoms with Gasteiger partial charge in [-0.2, -0.15) is 0 Å². The lowest BCUT2D eigenvalue weighted by molar-refractivity contribution is -0.122. The molecule has 2 aromatic carbocycles. The van der Waals surface area contributed by atoms with Crippen LogP contribution in [0.2, 0.25) is 0 Å². The first-order chi connectivity index (χ1) is 12.3. The van der Waals surface area contributed by atoms with Gasteiger partial charge in [0.15, 0.2) is 6.10 Å². The molecule has 26 heavy (non-hydrogen) atoms. The zero-order chi connectivity index (χ0) is 19.3. The molecule has 0 heterocycles. The maximum absolute atomic E-state index is 12.5. The molecule has 4 heteroatoms. The van der Waals surface area contributed by atoms with E-state index >= 15 is 0 Å². The highest BCUT2D eigenvalue weighted by molar-refractivity contribution is 5.95. The number of hydrogen-bond acceptors (Lipinski definition) is 3. The van der Waals surface area contributed by atoms with Gasteiger partial charge in [-0.05, 0) is 69.9 Å². The van der Waals surface area contributed by atoms with Crippen molar-refractivity contribution < 1.29 is 14.3 Å². The number of carbonyl (C=O) groups is 2. The molecular weight excluding hydrogens is 326 g/mol. The summed E-state index contributed by atoms with van der Waals surface area (Å²) in [6.07, 6.45) is 0.643. The van der Waals surface area contributed by atoms with E-state index in [9.17, 15) is 9.59 Å². The van der Waals surface area contributed by atoms with Crippen LogP contribution in [0.25, 0.3) is 0 Å². The summed E-state index contributed by atoms with van der Waals surface area (Å²) < 4.78 is 5.75. The van der Waals surface area contributed by atoms with Crippen LogP contribution < -0.4 is 10.1 Å². The van der Waals surface area contributed by atoms with Gasteiger partial charge >= 0.3 is 0 Å². The zero-order valence-electron chi connectivity index (χ0n) is 16.2. The Morgan fingerprint density at radius 2 is 1.62 bits per heavy atom. The topological polar surface area (TPSA) is 55.4 Å². The lowest BCUT2D eigenvalue weighted by Crippen LogP contribution is -2.30. The second-order valence-electron chi connectivity index (χ2n) is 6.87. The molecule has 0 fully saturated rings.